The number of ether oxygens (including phenoxy) is 1. The summed E-state index contributed by atoms with van der Waals surface area (Å²) in [5.74, 6) is 0.341. The third kappa shape index (κ3) is 4.72. The Labute approximate surface area is 205 Å². The standard InChI is InChI=1S/C25H23N7O4/c33-24(18-9-6-10-19-22(18)29-23(28-19)17-7-2-1-3-8-17)26-13-15-36-16-14-27-25-30-32(35)21-12-5-4-11-20(21)31(25)34/h1-12H,13-16H2,(H,26,33)(H,27,30)(H,28,29). The van der Waals surface area contributed by atoms with Gasteiger partial charge in [0.15, 0.2) is 5.52 Å². The quantitative estimate of drug-likeness (QED) is 0.164. The van der Waals surface area contributed by atoms with Crippen LogP contribution >= 0.6 is 0 Å². The number of nitrogens with zero attached hydrogens (tertiary/aromatic N) is 4. The van der Waals surface area contributed by atoms with Gasteiger partial charge in [0.1, 0.15) is 11.3 Å². The van der Waals surface area contributed by atoms with Crippen LogP contribution in [0.2, 0.25) is 0 Å². The topological polar surface area (TPSA) is 146 Å². The van der Waals surface area contributed by atoms with E-state index in [1.165, 1.54) is 6.07 Å². The lowest BCUT2D eigenvalue weighted by molar-refractivity contribution is -0.672. The average Bonchev–Trinajstić information content (AvgIpc) is 3.36. The van der Waals surface area contributed by atoms with Crippen molar-refractivity contribution in [1.29, 1.82) is 0 Å². The highest BCUT2D eigenvalue weighted by atomic mass is 16.5. The summed E-state index contributed by atoms with van der Waals surface area (Å²) in [4.78, 5) is 21.0. The van der Waals surface area contributed by atoms with Gasteiger partial charge in [-0.3, -0.25) is 10.1 Å². The number of fused-ring (bicyclic) bond motifs is 2. The summed E-state index contributed by atoms with van der Waals surface area (Å²) in [6.45, 7) is 1.07. The Morgan fingerprint density at radius 2 is 1.67 bits per heavy atom. The smallest absolute Gasteiger partial charge is 0.461 e. The molecule has 182 valence electrons. The normalized spacial score (nSPS) is 11.1. The summed E-state index contributed by atoms with van der Waals surface area (Å²) in [7, 11) is 0. The molecule has 2 heterocycles. The van der Waals surface area contributed by atoms with Crippen LogP contribution in [0.25, 0.3) is 33.5 Å². The molecule has 0 aliphatic heterocycles. The van der Waals surface area contributed by atoms with E-state index in [-0.39, 0.29) is 42.6 Å². The van der Waals surface area contributed by atoms with Crippen molar-refractivity contribution in [3.8, 4) is 11.4 Å². The van der Waals surface area contributed by atoms with E-state index in [2.05, 4.69) is 25.7 Å². The minimum absolute atomic E-state index is 0.109. The van der Waals surface area contributed by atoms with Crippen molar-refractivity contribution in [2.75, 3.05) is 31.6 Å². The molecule has 3 aromatic carbocycles. The Hall–Kier alpha value is -4.77. The lowest BCUT2D eigenvalue weighted by Gasteiger charge is -2.10. The molecule has 0 unspecified atom stereocenters. The number of hydrogen-bond donors (Lipinski definition) is 3. The minimum atomic E-state index is -0.249. The minimum Gasteiger partial charge on any atom is -0.739 e. The summed E-state index contributed by atoms with van der Waals surface area (Å²) < 4.78 is 6.10. The largest absolute Gasteiger partial charge is 0.739 e. The second-order valence-electron chi connectivity index (χ2n) is 7.93. The molecule has 2 aromatic heterocycles. The molecule has 0 radical (unpaired) electrons. The number of nitrogens with one attached hydrogen (secondary N) is 3. The van der Waals surface area contributed by atoms with Crippen LogP contribution in [0.5, 0.6) is 0 Å². The summed E-state index contributed by atoms with van der Waals surface area (Å²) >= 11 is 0. The molecule has 0 spiro atoms. The van der Waals surface area contributed by atoms with Gasteiger partial charge in [-0.25, -0.2) is 9.71 Å². The van der Waals surface area contributed by atoms with E-state index in [0.29, 0.717) is 33.0 Å². The van der Waals surface area contributed by atoms with E-state index in [0.717, 1.165) is 11.1 Å². The molecule has 0 aliphatic carbocycles. The van der Waals surface area contributed by atoms with Crippen molar-refractivity contribution < 1.29 is 19.1 Å². The Bertz CT molecular complexity index is 1520. The first-order valence-corrected chi connectivity index (χ1v) is 11.4. The van der Waals surface area contributed by atoms with Crippen LogP contribution in [-0.2, 0) is 4.74 Å². The molecule has 1 amide bonds. The highest BCUT2D eigenvalue weighted by Gasteiger charge is 2.19. The Kier molecular flexibility index (Phi) is 6.54. The van der Waals surface area contributed by atoms with Crippen molar-refractivity contribution in [1.82, 2.24) is 20.4 Å². The fourth-order valence-electron chi connectivity index (χ4n) is 3.82. The molecule has 0 bridgehead atoms. The van der Waals surface area contributed by atoms with Crippen LogP contribution < -0.4 is 20.2 Å². The molecule has 3 N–H and O–H groups in total. The molecule has 0 saturated heterocycles. The highest BCUT2D eigenvalue weighted by molar-refractivity contribution is 6.05. The van der Waals surface area contributed by atoms with Crippen molar-refractivity contribution in [2.45, 2.75) is 0 Å². The van der Waals surface area contributed by atoms with Gasteiger partial charge < -0.3 is 25.5 Å². The number of H-pyrrole nitrogens is 1. The van der Waals surface area contributed by atoms with Crippen molar-refractivity contribution in [3.63, 3.8) is 0 Å². The Balaban J connectivity index is 1.11. The maximum Gasteiger partial charge on any atom is 0.461 e. The first-order valence-electron chi connectivity index (χ1n) is 11.4. The SMILES string of the molecule is O=C(NCCOCCNc1n[n+]([O-])c2ccccc2[n+]1[O-])c1cccc2[nH]c(-c3ccccc3)nc12. The maximum atomic E-state index is 12.7. The van der Waals surface area contributed by atoms with E-state index >= 15 is 0 Å². The fraction of sp³-hybridized carbons (Fsp3) is 0.160. The number of aromatic nitrogens is 5. The van der Waals surface area contributed by atoms with Crippen molar-refractivity contribution in [2.24, 2.45) is 0 Å². The van der Waals surface area contributed by atoms with Gasteiger partial charge in [-0.1, -0.05) is 48.5 Å². The second-order valence-corrected chi connectivity index (χ2v) is 7.93. The predicted molar refractivity (Wildman–Crippen MR) is 133 cm³/mol. The van der Waals surface area contributed by atoms with Gasteiger partial charge in [0.05, 0.1) is 30.8 Å². The van der Waals surface area contributed by atoms with Crippen LogP contribution in [0.3, 0.4) is 0 Å². The molecule has 36 heavy (non-hydrogen) atoms. The number of rotatable bonds is 9. The molecule has 0 aliphatic rings. The fourth-order valence-corrected chi connectivity index (χ4v) is 3.82. The lowest BCUT2D eigenvalue weighted by Crippen LogP contribution is -2.44. The predicted octanol–water partition coefficient (Wildman–Crippen LogP) is 1.90. The van der Waals surface area contributed by atoms with E-state index < -0.39 is 0 Å². The summed E-state index contributed by atoms with van der Waals surface area (Å²) in [5.41, 5.74) is 3.20. The van der Waals surface area contributed by atoms with Gasteiger partial charge in [0.2, 0.25) is 5.10 Å². The average molecular weight is 486 g/mol. The molecule has 0 saturated carbocycles. The van der Waals surface area contributed by atoms with Gasteiger partial charge in [-0.2, -0.15) is 0 Å². The number of aromatic amines is 1. The number of para-hydroxylation sites is 3. The van der Waals surface area contributed by atoms with Crippen molar-refractivity contribution in [3.05, 3.63) is 88.8 Å². The number of benzene rings is 3. The summed E-state index contributed by atoms with van der Waals surface area (Å²) in [5, 5.41) is 33.7. The molecule has 11 heteroatoms. The highest BCUT2D eigenvalue weighted by Crippen LogP contribution is 2.22. The van der Waals surface area contributed by atoms with E-state index in [1.54, 1.807) is 30.3 Å². The lowest BCUT2D eigenvalue weighted by atomic mass is 10.1. The van der Waals surface area contributed by atoms with E-state index in [9.17, 15) is 15.2 Å². The van der Waals surface area contributed by atoms with Gasteiger partial charge in [-0.15, -0.1) is 0 Å². The zero-order chi connectivity index (χ0) is 24.9. The van der Waals surface area contributed by atoms with Crippen LogP contribution in [0.15, 0.2) is 72.8 Å². The van der Waals surface area contributed by atoms with Crippen LogP contribution in [0.1, 0.15) is 10.4 Å². The van der Waals surface area contributed by atoms with Crippen molar-refractivity contribution >= 4 is 33.9 Å². The third-order valence-corrected chi connectivity index (χ3v) is 5.55. The Morgan fingerprint density at radius 3 is 2.50 bits per heavy atom. The number of imidazole rings is 1. The van der Waals surface area contributed by atoms with E-state index in [1.807, 2.05) is 36.4 Å². The molecule has 5 rings (SSSR count). The number of hydrogen-bond acceptors (Lipinski definition) is 7. The number of amides is 1. The summed E-state index contributed by atoms with van der Waals surface area (Å²) in [6.07, 6.45) is 0. The van der Waals surface area contributed by atoms with Gasteiger partial charge in [-0.05, 0) is 18.2 Å². The zero-order valence-electron chi connectivity index (χ0n) is 19.2. The van der Waals surface area contributed by atoms with Gasteiger partial charge in [0.25, 0.3) is 11.4 Å². The molecular formula is C25H23N7O4. The Morgan fingerprint density at radius 1 is 0.917 bits per heavy atom. The molecule has 0 fully saturated rings. The summed E-state index contributed by atoms with van der Waals surface area (Å²) in [6, 6.07) is 21.5. The molecule has 5 aromatic rings. The number of carbonyl (C=O) groups excluding carboxylic acids is 1. The third-order valence-electron chi connectivity index (χ3n) is 5.55. The van der Waals surface area contributed by atoms with Crippen LogP contribution in [-0.4, -0.2) is 47.3 Å². The van der Waals surface area contributed by atoms with E-state index in [4.69, 9.17) is 4.74 Å². The molecule has 0 atom stereocenters. The maximum absolute atomic E-state index is 12.7. The molecular weight excluding hydrogens is 462 g/mol. The molecule has 11 nitrogen and oxygen atoms in total. The first kappa shape index (κ1) is 23.0. The second kappa shape index (κ2) is 10.2. The van der Waals surface area contributed by atoms with Gasteiger partial charge >= 0.3 is 5.95 Å². The monoisotopic (exact) mass is 485 g/mol. The van der Waals surface area contributed by atoms with Crippen LogP contribution in [0.4, 0.5) is 5.95 Å². The first-order chi connectivity index (χ1) is 17.6. The number of anilines is 1. The zero-order valence-corrected chi connectivity index (χ0v) is 19.2. The number of carbonyl (C=O) groups is 1. The van der Waals surface area contributed by atoms with Crippen LogP contribution in [0, 0.1) is 10.4 Å². The van der Waals surface area contributed by atoms with Gasteiger partial charge in [0, 0.05) is 23.0 Å².